The molecule has 2 N–H and O–H groups in total. The van der Waals surface area contributed by atoms with E-state index in [1.165, 1.54) is 0 Å². The van der Waals surface area contributed by atoms with Crippen LogP contribution in [0.15, 0.2) is 24.3 Å². The second-order valence-corrected chi connectivity index (χ2v) is 7.15. The zero-order chi connectivity index (χ0) is 17.7. The maximum atomic E-state index is 12.3. The summed E-state index contributed by atoms with van der Waals surface area (Å²) in [6.07, 6.45) is 1.51. The molecule has 132 valence electrons. The van der Waals surface area contributed by atoms with Crippen LogP contribution in [0.2, 0.25) is 0 Å². The first-order chi connectivity index (χ1) is 11.3. The first-order valence-electron chi connectivity index (χ1n) is 8.30. The first kappa shape index (κ1) is 18.1. The lowest BCUT2D eigenvalue weighted by molar-refractivity contribution is 0.0917. The standard InChI is InChI=1S/C18H27N3O3/c1-18(2,3)20-17(23)21-10-8-14(9-11-21)19-16(22)13-6-5-7-15(12-13)24-4/h5-7,12,14H,8-11H2,1-4H3,(H,19,22)(H,20,23). The van der Waals surface area contributed by atoms with E-state index in [9.17, 15) is 9.59 Å². The summed E-state index contributed by atoms with van der Waals surface area (Å²) in [7, 11) is 1.58. The topological polar surface area (TPSA) is 70.7 Å². The molecule has 0 atom stereocenters. The van der Waals surface area contributed by atoms with E-state index in [2.05, 4.69) is 10.6 Å². The van der Waals surface area contributed by atoms with Crippen LogP contribution in [0.1, 0.15) is 44.0 Å². The molecular formula is C18H27N3O3. The monoisotopic (exact) mass is 333 g/mol. The summed E-state index contributed by atoms with van der Waals surface area (Å²) >= 11 is 0. The van der Waals surface area contributed by atoms with E-state index in [0.29, 0.717) is 24.4 Å². The number of carbonyl (C=O) groups is 2. The number of piperidine rings is 1. The number of hydrogen-bond acceptors (Lipinski definition) is 3. The van der Waals surface area contributed by atoms with Crippen LogP contribution in [0.25, 0.3) is 0 Å². The molecule has 1 aromatic carbocycles. The van der Waals surface area contributed by atoms with Crippen molar-refractivity contribution in [1.82, 2.24) is 15.5 Å². The summed E-state index contributed by atoms with van der Waals surface area (Å²) in [6, 6.07) is 7.14. The molecule has 0 spiro atoms. The molecule has 6 heteroatoms. The van der Waals surface area contributed by atoms with Crippen LogP contribution in [-0.2, 0) is 0 Å². The molecule has 0 saturated carbocycles. The third-order valence-corrected chi connectivity index (χ3v) is 3.93. The Labute approximate surface area is 143 Å². The predicted molar refractivity (Wildman–Crippen MR) is 93.3 cm³/mol. The van der Waals surface area contributed by atoms with E-state index < -0.39 is 0 Å². The molecule has 1 heterocycles. The quantitative estimate of drug-likeness (QED) is 0.892. The average Bonchev–Trinajstić information content (AvgIpc) is 2.54. The largest absolute Gasteiger partial charge is 0.497 e. The molecule has 2 rings (SSSR count). The molecule has 1 aliphatic rings. The normalized spacial score (nSPS) is 15.8. The molecule has 1 aliphatic heterocycles. The highest BCUT2D eigenvalue weighted by Crippen LogP contribution is 2.15. The van der Waals surface area contributed by atoms with Gasteiger partial charge in [-0.2, -0.15) is 0 Å². The fourth-order valence-electron chi connectivity index (χ4n) is 2.66. The smallest absolute Gasteiger partial charge is 0.317 e. The maximum Gasteiger partial charge on any atom is 0.317 e. The summed E-state index contributed by atoms with van der Waals surface area (Å²) in [5, 5.41) is 6.01. The SMILES string of the molecule is COc1cccc(C(=O)NC2CCN(C(=O)NC(C)(C)C)CC2)c1. The van der Waals surface area contributed by atoms with Gasteiger partial charge in [0.2, 0.25) is 0 Å². The minimum absolute atomic E-state index is 0.0416. The number of nitrogens with one attached hydrogen (secondary N) is 2. The number of amides is 3. The molecule has 24 heavy (non-hydrogen) atoms. The van der Waals surface area contributed by atoms with E-state index in [1.807, 2.05) is 26.8 Å². The van der Waals surface area contributed by atoms with Gasteiger partial charge >= 0.3 is 6.03 Å². The highest BCUT2D eigenvalue weighted by molar-refractivity contribution is 5.94. The van der Waals surface area contributed by atoms with Gasteiger partial charge in [0, 0.05) is 30.2 Å². The Balaban J connectivity index is 1.84. The van der Waals surface area contributed by atoms with Gasteiger partial charge in [-0.3, -0.25) is 4.79 Å². The van der Waals surface area contributed by atoms with Gasteiger partial charge in [-0.1, -0.05) is 6.07 Å². The summed E-state index contributed by atoms with van der Waals surface area (Å²) in [4.78, 5) is 26.3. The fourth-order valence-corrected chi connectivity index (χ4v) is 2.66. The van der Waals surface area contributed by atoms with E-state index in [0.717, 1.165) is 12.8 Å². The molecule has 6 nitrogen and oxygen atoms in total. The number of ether oxygens (including phenoxy) is 1. The lowest BCUT2D eigenvalue weighted by Gasteiger charge is -2.34. The van der Waals surface area contributed by atoms with Crippen LogP contribution in [0.3, 0.4) is 0 Å². The van der Waals surface area contributed by atoms with E-state index >= 15 is 0 Å². The van der Waals surface area contributed by atoms with Crippen LogP contribution < -0.4 is 15.4 Å². The average molecular weight is 333 g/mol. The minimum atomic E-state index is -0.242. The highest BCUT2D eigenvalue weighted by Gasteiger charge is 2.26. The zero-order valence-corrected chi connectivity index (χ0v) is 14.9. The Bertz CT molecular complexity index is 587. The van der Waals surface area contributed by atoms with Crippen LogP contribution in [0.5, 0.6) is 5.75 Å². The fraction of sp³-hybridized carbons (Fsp3) is 0.556. The van der Waals surface area contributed by atoms with Crippen molar-refractivity contribution in [2.24, 2.45) is 0 Å². The van der Waals surface area contributed by atoms with Crippen molar-refractivity contribution in [1.29, 1.82) is 0 Å². The predicted octanol–water partition coefficient (Wildman–Crippen LogP) is 2.40. The van der Waals surface area contributed by atoms with Gasteiger partial charge in [-0.05, 0) is 51.8 Å². The van der Waals surface area contributed by atoms with Gasteiger partial charge in [0.25, 0.3) is 5.91 Å². The second kappa shape index (κ2) is 7.55. The van der Waals surface area contributed by atoms with Gasteiger partial charge in [0.05, 0.1) is 7.11 Å². The number of hydrogen-bond donors (Lipinski definition) is 2. The number of nitrogens with zero attached hydrogens (tertiary/aromatic N) is 1. The maximum absolute atomic E-state index is 12.3. The lowest BCUT2D eigenvalue weighted by atomic mass is 10.0. The van der Waals surface area contributed by atoms with E-state index in [-0.39, 0.29) is 23.5 Å². The third kappa shape index (κ3) is 5.15. The van der Waals surface area contributed by atoms with Gasteiger partial charge in [-0.25, -0.2) is 4.79 Å². The van der Waals surface area contributed by atoms with Crippen molar-refractivity contribution in [2.45, 2.75) is 45.2 Å². The molecule has 1 fully saturated rings. The van der Waals surface area contributed by atoms with Crippen LogP contribution in [0.4, 0.5) is 4.79 Å². The second-order valence-electron chi connectivity index (χ2n) is 7.15. The van der Waals surface area contributed by atoms with Gasteiger partial charge in [-0.15, -0.1) is 0 Å². The Hall–Kier alpha value is -2.24. The number of methoxy groups -OCH3 is 1. The van der Waals surface area contributed by atoms with Crippen molar-refractivity contribution >= 4 is 11.9 Å². The first-order valence-corrected chi connectivity index (χ1v) is 8.30. The van der Waals surface area contributed by atoms with E-state index in [1.54, 1.807) is 30.2 Å². The third-order valence-electron chi connectivity index (χ3n) is 3.93. The molecule has 3 amide bonds. The summed E-state index contributed by atoms with van der Waals surface area (Å²) in [6.45, 7) is 7.18. The minimum Gasteiger partial charge on any atom is -0.497 e. The van der Waals surface area contributed by atoms with Crippen molar-refractivity contribution in [3.05, 3.63) is 29.8 Å². The van der Waals surface area contributed by atoms with Crippen molar-refractivity contribution in [2.75, 3.05) is 20.2 Å². The summed E-state index contributed by atoms with van der Waals surface area (Å²) in [5.74, 6) is 0.558. The molecular weight excluding hydrogens is 306 g/mol. The molecule has 0 radical (unpaired) electrons. The molecule has 1 aromatic rings. The molecule has 1 saturated heterocycles. The molecule has 0 aliphatic carbocycles. The van der Waals surface area contributed by atoms with Crippen LogP contribution in [-0.4, -0.2) is 48.6 Å². The van der Waals surface area contributed by atoms with Crippen molar-refractivity contribution in [3.8, 4) is 5.75 Å². The Morgan fingerprint density at radius 2 is 1.88 bits per heavy atom. The van der Waals surface area contributed by atoms with Gasteiger partial charge in [0.15, 0.2) is 0 Å². The van der Waals surface area contributed by atoms with E-state index in [4.69, 9.17) is 4.74 Å². The summed E-state index contributed by atoms with van der Waals surface area (Å²) < 4.78 is 5.14. The van der Waals surface area contributed by atoms with Crippen molar-refractivity contribution < 1.29 is 14.3 Å². The molecule has 0 bridgehead atoms. The number of benzene rings is 1. The summed E-state index contributed by atoms with van der Waals surface area (Å²) in [5.41, 5.74) is 0.344. The Morgan fingerprint density at radius 1 is 1.21 bits per heavy atom. The Kier molecular flexibility index (Phi) is 5.70. The number of urea groups is 1. The number of likely N-dealkylation sites (tertiary alicyclic amines) is 1. The van der Waals surface area contributed by atoms with Gasteiger partial charge in [0.1, 0.15) is 5.75 Å². The van der Waals surface area contributed by atoms with Crippen LogP contribution in [0, 0.1) is 0 Å². The zero-order valence-electron chi connectivity index (χ0n) is 14.9. The van der Waals surface area contributed by atoms with Crippen molar-refractivity contribution in [3.63, 3.8) is 0 Å². The van der Waals surface area contributed by atoms with Crippen LogP contribution >= 0.6 is 0 Å². The lowest BCUT2D eigenvalue weighted by Crippen LogP contribution is -2.53. The highest BCUT2D eigenvalue weighted by atomic mass is 16.5. The number of rotatable bonds is 3. The number of carbonyl (C=O) groups excluding carboxylic acids is 2. The van der Waals surface area contributed by atoms with Gasteiger partial charge < -0.3 is 20.3 Å². The molecule has 0 aromatic heterocycles. The molecule has 0 unspecified atom stereocenters. The Morgan fingerprint density at radius 3 is 2.46 bits per heavy atom.